The van der Waals surface area contributed by atoms with Crippen molar-refractivity contribution in [3.8, 4) is 0 Å². The third-order valence-electron chi connectivity index (χ3n) is 3.12. The van der Waals surface area contributed by atoms with Crippen LogP contribution in [0.3, 0.4) is 0 Å². The third kappa shape index (κ3) is 3.28. The molecule has 17 heavy (non-hydrogen) atoms. The van der Waals surface area contributed by atoms with Gasteiger partial charge in [-0.3, -0.25) is 4.79 Å². The van der Waals surface area contributed by atoms with E-state index in [4.69, 9.17) is 0 Å². The topological polar surface area (TPSA) is 29.1 Å². The van der Waals surface area contributed by atoms with Gasteiger partial charge in [0, 0.05) is 11.6 Å². The number of halogens is 2. The molecule has 1 saturated carbocycles. The van der Waals surface area contributed by atoms with E-state index in [2.05, 4.69) is 21.2 Å². The van der Waals surface area contributed by atoms with Crippen LogP contribution in [0.4, 0.5) is 4.39 Å². The molecule has 1 amide bonds. The van der Waals surface area contributed by atoms with Gasteiger partial charge >= 0.3 is 0 Å². The molecule has 0 heterocycles. The van der Waals surface area contributed by atoms with Gasteiger partial charge < -0.3 is 5.32 Å². The fourth-order valence-corrected chi connectivity index (χ4v) is 2.53. The molecule has 1 N–H and O–H groups in total. The highest BCUT2D eigenvalue weighted by molar-refractivity contribution is 9.10. The molecule has 2 rings (SSSR count). The van der Waals surface area contributed by atoms with E-state index in [-0.39, 0.29) is 17.8 Å². The molecule has 1 aromatic carbocycles. The van der Waals surface area contributed by atoms with Gasteiger partial charge in [0.2, 0.25) is 0 Å². The van der Waals surface area contributed by atoms with Crippen molar-refractivity contribution in [3.05, 3.63) is 34.1 Å². The first kappa shape index (κ1) is 12.6. The molecule has 0 unspecified atom stereocenters. The molecule has 4 heteroatoms. The third-order valence-corrected chi connectivity index (χ3v) is 3.73. The molecule has 0 aliphatic heterocycles. The SMILES string of the molecule is O=C(NC1CCCCC1)c1ccc(F)c(Br)c1. The first-order valence-electron chi connectivity index (χ1n) is 5.93. The second-order valence-electron chi connectivity index (χ2n) is 4.44. The zero-order valence-corrected chi connectivity index (χ0v) is 11.1. The van der Waals surface area contributed by atoms with Gasteiger partial charge in [-0.05, 0) is 47.0 Å². The van der Waals surface area contributed by atoms with Crippen molar-refractivity contribution in [2.24, 2.45) is 0 Å². The largest absolute Gasteiger partial charge is 0.349 e. The van der Waals surface area contributed by atoms with Gasteiger partial charge in [-0.2, -0.15) is 0 Å². The number of hydrogen-bond donors (Lipinski definition) is 1. The zero-order valence-electron chi connectivity index (χ0n) is 9.51. The van der Waals surface area contributed by atoms with Gasteiger partial charge in [0.25, 0.3) is 5.91 Å². The monoisotopic (exact) mass is 299 g/mol. The highest BCUT2D eigenvalue weighted by Crippen LogP contribution is 2.19. The van der Waals surface area contributed by atoms with Crippen LogP contribution in [0.15, 0.2) is 22.7 Å². The van der Waals surface area contributed by atoms with E-state index in [1.165, 1.54) is 37.5 Å². The van der Waals surface area contributed by atoms with Gasteiger partial charge in [0.05, 0.1) is 4.47 Å². The predicted octanol–water partition coefficient (Wildman–Crippen LogP) is 3.65. The van der Waals surface area contributed by atoms with Crippen LogP contribution in [-0.4, -0.2) is 11.9 Å². The summed E-state index contributed by atoms with van der Waals surface area (Å²) in [5.74, 6) is -0.461. The van der Waals surface area contributed by atoms with E-state index in [0.29, 0.717) is 10.0 Å². The highest BCUT2D eigenvalue weighted by Gasteiger charge is 2.17. The van der Waals surface area contributed by atoms with Crippen LogP contribution in [0.25, 0.3) is 0 Å². The second kappa shape index (κ2) is 5.63. The molecular weight excluding hydrogens is 285 g/mol. The number of hydrogen-bond acceptors (Lipinski definition) is 1. The van der Waals surface area contributed by atoms with Crippen LogP contribution in [0, 0.1) is 5.82 Å². The Morgan fingerprint density at radius 3 is 2.65 bits per heavy atom. The van der Waals surface area contributed by atoms with Crippen molar-refractivity contribution < 1.29 is 9.18 Å². The Balaban J connectivity index is 2.01. The lowest BCUT2D eigenvalue weighted by Gasteiger charge is -2.22. The minimum absolute atomic E-state index is 0.113. The summed E-state index contributed by atoms with van der Waals surface area (Å²) in [4.78, 5) is 11.9. The fourth-order valence-electron chi connectivity index (χ4n) is 2.15. The molecule has 0 aromatic heterocycles. The van der Waals surface area contributed by atoms with Gasteiger partial charge in [0.1, 0.15) is 5.82 Å². The first-order chi connectivity index (χ1) is 8.16. The van der Waals surface area contributed by atoms with Crippen molar-refractivity contribution >= 4 is 21.8 Å². The molecule has 0 atom stereocenters. The smallest absolute Gasteiger partial charge is 0.251 e. The lowest BCUT2D eigenvalue weighted by atomic mass is 9.95. The van der Waals surface area contributed by atoms with Crippen molar-refractivity contribution in [1.82, 2.24) is 5.32 Å². The highest BCUT2D eigenvalue weighted by atomic mass is 79.9. The minimum Gasteiger partial charge on any atom is -0.349 e. The van der Waals surface area contributed by atoms with Crippen molar-refractivity contribution in [2.45, 2.75) is 38.1 Å². The number of benzene rings is 1. The fraction of sp³-hybridized carbons (Fsp3) is 0.462. The molecule has 1 aliphatic rings. The van der Waals surface area contributed by atoms with Crippen LogP contribution >= 0.6 is 15.9 Å². The summed E-state index contributed by atoms with van der Waals surface area (Å²) >= 11 is 3.08. The van der Waals surface area contributed by atoms with Crippen LogP contribution < -0.4 is 5.32 Å². The Bertz CT molecular complexity index is 416. The standard InChI is InChI=1S/C13H15BrFNO/c14-11-8-9(6-7-12(11)15)13(17)16-10-4-2-1-3-5-10/h6-8,10H,1-5H2,(H,16,17). The molecule has 2 nitrogen and oxygen atoms in total. The summed E-state index contributed by atoms with van der Waals surface area (Å²) in [7, 11) is 0. The molecule has 0 spiro atoms. The molecular formula is C13H15BrFNO. The van der Waals surface area contributed by atoms with E-state index in [1.807, 2.05) is 0 Å². The Morgan fingerprint density at radius 1 is 1.29 bits per heavy atom. The minimum atomic E-state index is -0.348. The molecule has 1 aliphatic carbocycles. The van der Waals surface area contributed by atoms with E-state index < -0.39 is 0 Å². The lowest BCUT2D eigenvalue weighted by Crippen LogP contribution is -2.36. The maximum Gasteiger partial charge on any atom is 0.251 e. The molecule has 92 valence electrons. The Kier molecular flexibility index (Phi) is 4.15. The number of carbonyl (C=O) groups excluding carboxylic acids is 1. The number of nitrogens with one attached hydrogen (secondary N) is 1. The quantitative estimate of drug-likeness (QED) is 0.887. The number of amides is 1. The maximum atomic E-state index is 13.0. The summed E-state index contributed by atoms with van der Waals surface area (Å²) in [6, 6.07) is 4.62. The molecule has 1 fully saturated rings. The molecule has 0 bridgehead atoms. The van der Waals surface area contributed by atoms with Crippen LogP contribution in [0.5, 0.6) is 0 Å². The molecule has 0 saturated heterocycles. The second-order valence-corrected chi connectivity index (χ2v) is 5.29. The van der Waals surface area contributed by atoms with Gasteiger partial charge in [-0.15, -0.1) is 0 Å². The first-order valence-corrected chi connectivity index (χ1v) is 6.72. The van der Waals surface area contributed by atoms with Crippen LogP contribution in [0.1, 0.15) is 42.5 Å². The van der Waals surface area contributed by atoms with Gasteiger partial charge in [-0.25, -0.2) is 4.39 Å². The summed E-state index contributed by atoms with van der Waals surface area (Å²) in [6.45, 7) is 0. The summed E-state index contributed by atoms with van der Waals surface area (Å²) in [5.41, 5.74) is 0.504. The summed E-state index contributed by atoms with van der Waals surface area (Å²) in [5, 5.41) is 3.00. The summed E-state index contributed by atoms with van der Waals surface area (Å²) < 4.78 is 13.4. The Morgan fingerprint density at radius 2 is 2.00 bits per heavy atom. The van der Waals surface area contributed by atoms with Crippen LogP contribution in [-0.2, 0) is 0 Å². The molecule has 1 aromatic rings. The predicted molar refractivity (Wildman–Crippen MR) is 68.4 cm³/mol. The Hall–Kier alpha value is -0.900. The van der Waals surface area contributed by atoms with Crippen LogP contribution in [0.2, 0.25) is 0 Å². The van der Waals surface area contributed by atoms with E-state index >= 15 is 0 Å². The van der Waals surface area contributed by atoms with Crippen molar-refractivity contribution in [3.63, 3.8) is 0 Å². The van der Waals surface area contributed by atoms with E-state index in [1.54, 1.807) is 0 Å². The van der Waals surface area contributed by atoms with E-state index in [0.717, 1.165) is 12.8 Å². The molecule has 0 radical (unpaired) electrons. The maximum absolute atomic E-state index is 13.0. The van der Waals surface area contributed by atoms with Crippen molar-refractivity contribution in [2.75, 3.05) is 0 Å². The average molecular weight is 300 g/mol. The Labute approximate surface area is 109 Å². The van der Waals surface area contributed by atoms with Gasteiger partial charge in [0.15, 0.2) is 0 Å². The number of carbonyl (C=O) groups is 1. The zero-order chi connectivity index (χ0) is 12.3. The average Bonchev–Trinajstić information content (AvgIpc) is 2.34. The van der Waals surface area contributed by atoms with E-state index in [9.17, 15) is 9.18 Å². The summed E-state index contributed by atoms with van der Waals surface area (Å²) in [6.07, 6.45) is 5.72. The lowest BCUT2D eigenvalue weighted by molar-refractivity contribution is 0.0927. The van der Waals surface area contributed by atoms with Crippen molar-refractivity contribution in [1.29, 1.82) is 0 Å². The number of rotatable bonds is 2. The normalized spacial score (nSPS) is 16.8. The van der Waals surface area contributed by atoms with Gasteiger partial charge in [-0.1, -0.05) is 19.3 Å².